The second-order valence-corrected chi connectivity index (χ2v) is 4.64. The summed E-state index contributed by atoms with van der Waals surface area (Å²) in [7, 11) is 0. The number of hydrogen-bond donors (Lipinski definition) is 1. The highest BCUT2D eigenvalue weighted by Crippen LogP contribution is 2.30. The summed E-state index contributed by atoms with van der Waals surface area (Å²) >= 11 is 3.25. The van der Waals surface area contributed by atoms with Crippen LogP contribution in [0.25, 0.3) is 10.9 Å². The summed E-state index contributed by atoms with van der Waals surface area (Å²) in [6.45, 7) is -1.35. The summed E-state index contributed by atoms with van der Waals surface area (Å²) < 4.78 is 29.7. The third kappa shape index (κ3) is 2.81. The van der Waals surface area contributed by atoms with Gasteiger partial charge in [-0.15, -0.1) is 0 Å². The van der Waals surface area contributed by atoms with Crippen molar-refractivity contribution in [3.05, 3.63) is 33.9 Å². The van der Waals surface area contributed by atoms with E-state index >= 15 is 0 Å². The Labute approximate surface area is 115 Å². The van der Waals surface area contributed by atoms with Crippen LogP contribution in [0.5, 0.6) is 5.75 Å². The maximum Gasteiger partial charge on any atom is 0.387 e. The number of nitrogens with zero attached hydrogens (tertiary/aromatic N) is 1. The zero-order valence-corrected chi connectivity index (χ0v) is 11.2. The lowest BCUT2D eigenvalue weighted by molar-refractivity contribution is -0.0490. The first kappa shape index (κ1) is 13.7. The number of hydrogen-bond acceptors (Lipinski definition) is 3. The molecule has 0 amide bonds. The van der Waals surface area contributed by atoms with E-state index in [4.69, 9.17) is 5.11 Å². The molecule has 1 heterocycles. The van der Waals surface area contributed by atoms with Crippen molar-refractivity contribution in [1.82, 2.24) is 4.98 Å². The molecule has 0 aliphatic rings. The lowest BCUT2D eigenvalue weighted by atomic mass is 10.1. The highest BCUT2D eigenvalue weighted by molar-refractivity contribution is 9.10. The first-order valence-electron chi connectivity index (χ1n) is 5.17. The second kappa shape index (κ2) is 5.08. The molecular formula is C12H8BrF2NO3. The number of ether oxygens (including phenoxy) is 1. The van der Waals surface area contributed by atoms with Crippen LogP contribution in [0.15, 0.2) is 22.7 Å². The Morgan fingerprint density at radius 2 is 2.11 bits per heavy atom. The van der Waals surface area contributed by atoms with Gasteiger partial charge in [-0.1, -0.05) is 0 Å². The smallest absolute Gasteiger partial charge is 0.387 e. The Balaban J connectivity index is 2.74. The van der Waals surface area contributed by atoms with Gasteiger partial charge in [-0.2, -0.15) is 8.78 Å². The molecular weight excluding hydrogens is 324 g/mol. The van der Waals surface area contributed by atoms with Crippen LogP contribution < -0.4 is 4.74 Å². The van der Waals surface area contributed by atoms with E-state index in [0.29, 0.717) is 15.6 Å². The number of fused-ring (bicyclic) bond motifs is 1. The van der Waals surface area contributed by atoms with Crippen molar-refractivity contribution in [1.29, 1.82) is 0 Å². The Morgan fingerprint density at radius 1 is 1.42 bits per heavy atom. The average molecular weight is 332 g/mol. The fraction of sp³-hybridized carbons (Fsp3) is 0.167. The third-order valence-corrected chi connectivity index (χ3v) is 3.28. The molecule has 0 atom stereocenters. The second-order valence-electron chi connectivity index (χ2n) is 3.79. The van der Waals surface area contributed by atoms with Crippen LogP contribution in [-0.2, 0) is 0 Å². The number of alkyl halides is 2. The maximum absolute atomic E-state index is 12.4. The van der Waals surface area contributed by atoms with E-state index in [1.807, 2.05) is 0 Å². The minimum Gasteiger partial charge on any atom is -0.478 e. The standard InChI is InChI=1S/C12H8BrF2NO3/c1-5-8(13)3-6-2-7(11(17)18)4-9(10(6)16-5)19-12(14)15/h2-4,12H,1H3,(H,17,18). The van der Waals surface area contributed by atoms with Gasteiger partial charge >= 0.3 is 12.6 Å². The van der Waals surface area contributed by atoms with Crippen LogP contribution in [0.4, 0.5) is 8.78 Å². The van der Waals surface area contributed by atoms with Gasteiger partial charge in [0.2, 0.25) is 0 Å². The van der Waals surface area contributed by atoms with Crippen LogP contribution in [-0.4, -0.2) is 22.7 Å². The van der Waals surface area contributed by atoms with Crippen LogP contribution in [0.1, 0.15) is 16.1 Å². The Bertz CT molecular complexity index is 661. The molecule has 0 aliphatic carbocycles. The molecule has 0 saturated heterocycles. The SMILES string of the molecule is Cc1nc2c(OC(F)F)cc(C(=O)O)cc2cc1Br. The number of aromatic nitrogens is 1. The van der Waals surface area contributed by atoms with Gasteiger partial charge < -0.3 is 9.84 Å². The highest BCUT2D eigenvalue weighted by atomic mass is 79.9. The normalized spacial score (nSPS) is 11.0. The molecule has 4 nitrogen and oxygen atoms in total. The summed E-state index contributed by atoms with van der Waals surface area (Å²) in [5.74, 6) is -1.47. The van der Waals surface area contributed by atoms with Crippen molar-refractivity contribution in [3.8, 4) is 5.75 Å². The monoisotopic (exact) mass is 331 g/mol. The molecule has 0 bridgehead atoms. The number of rotatable bonds is 3. The van der Waals surface area contributed by atoms with E-state index in [9.17, 15) is 13.6 Å². The number of aryl methyl sites for hydroxylation is 1. The Kier molecular flexibility index (Phi) is 3.66. The quantitative estimate of drug-likeness (QED) is 0.933. The van der Waals surface area contributed by atoms with Crippen molar-refractivity contribution < 1.29 is 23.4 Å². The molecule has 0 aliphatic heterocycles. The summed E-state index contributed by atoms with van der Waals surface area (Å²) in [6, 6.07) is 4.01. The zero-order valence-electron chi connectivity index (χ0n) is 9.65. The molecule has 1 N–H and O–H groups in total. The fourth-order valence-corrected chi connectivity index (χ4v) is 1.97. The van der Waals surface area contributed by atoms with Crippen molar-refractivity contribution in [2.45, 2.75) is 13.5 Å². The largest absolute Gasteiger partial charge is 0.478 e. The lowest BCUT2D eigenvalue weighted by Gasteiger charge is -2.10. The van der Waals surface area contributed by atoms with E-state index in [1.54, 1.807) is 13.0 Å². The van der Waals surface area contributed by atoms with Gasteiger partial charge in [-0.05, 0) is 41.1 Å². The Morgan fingerprint density at radius 3 is 2.68 bits per heavy atom. The molecule has 0 fully saturated rings. The summed E-state index contributed by atoms with van der Waals surface area (Å²) in [6.07, 6.45) is 0. The van der Waals surface area contributed by atoms with Crippen LogP contribution >= 0.6 is 15.9 Å². The number of aromatic carboxylic acids is 1. The van der Waals surface area contributed by atoms with Crippen molar-refractivity contribution in [2.24, 2.45) is 0 Å². The molecule has 2 rings (SSSR count). The fourth-order valence-electron chi connectivity index (χ4n) is 1.63. The summed E-state index contributed by atoms with van der Waals surface area (Å²) in [4.78, 5) is 15.1. The molecule has 7 heteroatoms. The van der Waals surface area contributed by atoms with E-state index in [0.717, 1.165) is 6.07 Å². The van der Waals surface area contributed by atoms with Crippen LogP contribution in [0.2, 0.25) is 0 Å². The predicted octanol–water partition coefficient (Wildman–Crippen LogP) is 3.61. The number of benzene rings is 1. The van der Waals surface area contributed by atoms with E-state index < -0.39 is 12.6 Å². The maximum atomic E-state index is 12.4. The minimum atomic E-state index is -3.04. The molecule has 19 heavy (non-hydrogen) atoms. The number of carboxylic acids is 1. The molecule has 0 unspecified atom stereocenters. The number of carbonyl (C=O) groups is 1. The van der Waals surface area contributed by atoms with Crippen molar-refractivity contribution in [3.63, 3.8) is 0 Å². The molecule has 100 valence electrons. The van der Waals surface area contributed by atoms with Crippen LogP contribution in [0.3, 0.4) is 0 Å². The van der Waals surface area contributed by atoms with E-state index in [1.165, 1.54) is 6.07 Å². The highest BCUT2D eigenvalue weighted by Gasteiger charge is 2.15. The Hall–Kier alpha value is -1.76. The van der Waals surface area contributed by atoms with Gasteiger partial charge in [0.05, 0.1) is 11.3 Å². The van der Waals surface area contributed by atoms with E-state index in [-0.39, 0.29) is 16.8 Å². The van der Waals surface area contributed by atoms with Gasteiger partial charge in [-0.3, -0.25) is 0 Å². The number of halogens is 3. The molecule has 1 aromatic heterocycles. The number of pyridine rings is 1. The first-order valence-corrected chi connectivity index (χ1v) is 5.97. The molecule has 0 radical (unpaired) electrons. The molecule has 0 saturated carbocycles. The average Bonchev–Trinajstić information content (AvgIpc) is 2.30. The van der Waals surface area contributed by atoms with Gasteiger partial charge in [-0.25, -0.2) is 9.78 Å². The van der Waals surface area contributed by atoms with Gasteiger partial charge in [0.25, 0.3) is 0 Å². The molecule has 0 spiro atoms. The van der Waals surface area contributed by atoms with E-state index in [2.05, 4.69) is 25.7 Å². The molecule has 1 aromatic carbocycles. The van der Waals surface area contributed by atoms with Crippen LogP contribution in [0, 0.1) is 6.92 Å². The zero-order chi connectivity index (χ0) is 14.2. The third-order valence-electron chi connectivity index (χ3n) is 2.47. The van der Waals surface area contributed by atoms with Crippen molar-refractivity contribution in [2.75, 3.05) is 0 Å². The van der Waals surface area contributed by atoms with Gasteiger partial charge in [0.1, 0.15) is 5.52 Å². The summed E-state index contributed by atoms with van der Waals surface area (Å²) in [5, 5.41) is 9.36. The van der Waals surface area contributed by atoms with Gasteiger partial charge in [0.15, 0.2) is 5.75 Å². The van der Waals surface area contributed by atoms with Gasteiger partial charge in [0, 0.05) is 9.86 Å². The lowest BCUT2D eigenvalue weighted by Crippen LogP contribution is -2.05. The van der Waals surface area contributed by atoms with Crippen molar-refractivity contribution >= 4 is 32.8 Å². The molecule has 2 aromatic rings. The number of carboxylic acid groups (broad SMARTS) is 1. The summed E-state index contributed by atoms with van der Waals surface area (Å²) in [5.41, 5.74) is 0.654. The first-order chi connectivity index (χ1) is 8.88. The topological polar surface area (TPSA) is 59.4 Å². The predicted molar refractivity (Wildman–Crippen MR) is 67.8 cm³/mol. The minimum absolute atomic E-state index is 0.138.